The Morgan fingerprint density at radius 2 is 1.52 bits per heavy atom. The van der Waals surface area contributed by atoms with Crippen LogP contribution in [-0.4, -0.2) is 81.7 Å². The van der Waals surface area contributed by atoms with E-state index in [4.69, 9.17) is 22.3 Å². The third kappa shape index (κ3) is 12.0. The van der Waals surface area contributed by atoms with E-state index in [1.807, 2.05) is 0 Å². The molecule has 0 aliphatic heterocycles. The number of aliphatic carboxylic acids is 2. The highest BCUT2D eigenvalue weighted by atomic mass is 16.4. The Balaban J connectivity index is 3.06. The van der Waals surface area contributed by atoms with Gasteiger partial charge in [0.1, 0.15) is 23.9 Å². The number of carbonyl (C=O) groups excluding carboxylic acids is 3. The molecule has 3 amide bonds. The summed E-state index contributed by atoms with van der Waals surface area (Å²) in [6, 6.07) is 1.01. The molecule has 0 aliphatic rings. The predicted molar refractivity (Wildman–Crippen MR) is 145 cm³/mol. The van der Waals surface area contributed by atoms with Gasteiger partial charge in [-0.1, -0.05) is 32.4 Å². The van der Waals surface area contributed by atoms with Gasteiger partial charge >= 0.3 is 11.9 Å². The molecule has 1 rings (SSSR count). The first-order chi connectivity index (χ1) is 18.7. The lowest BCUT2D eigenvalue weighted by molar-refractivity contribution is -0.147. The van der Waals surface area contributed by atoms with Gasteiger partial charge in [-0.05, 0) is 42.9 Å². The van der Waals surface area contributed by atoms with Crippen molar-refractivity contribution in [3.05, 3.63) is 29.8 Å². The van der Waals surface area contributed by atoms with Crippen molar-refractivity contribution in [3.63, 3.8) is 0 Å². The molecular formula is C25H39N7O8. The Labute approximate surface area is 231 Å². The number of carboxylic acid groups (broad SMARTS) is 2. The number of hydrogen-bond acceptors (Lipinski definition) is 8. The zero-order chi connectivity index (χ0) is 30.4. The largest absolute Gasteiger partial charge is 0.508 e. The fourth-order valence-corrected chi connectivity index (χ4v) is 3.62. The lowest BCUT2D eigenvalue weighted by Crippen LogP contribution is -2.58. The highest BCUT2D eigenvalue weighted by Gasteiger charge is 2.32. The number of nitrogens with one attached hydrogen (secondary N) is 3. The molecular weight excluding hydrogens is 526 g/mol. The second-order valence-electron chi connectivity index (χ2n) is 9.36. The molecule has 0 aliphatic carbocycles. The average Bonchev–Trinajstić information content (AvgIpc) is 2.88. The van der Waals surface area contributed by atoms with Crippen LogP contribution in [0.4, 0.5) is 0 Å². The molecule has 5 unspecified atom stereocenters. The fourth-order valence-electron chi connectivity index (χ4n) is 3.62. The van der Waals surface area contributed by atoms with E-state index in [0.717, 1.165) is 0 Å². The summed E-state index contributed by atoms with van der Waals surface area (Å²) in [5.74, 6) is -5.76. The number of aromatic hydroxyl groups is 1. The van der Waals surface area contributed by atoms with E-state index in [1.54, 1.807) is 26.0 Å². The highest BCUT2D eigenvalue weighted by molar-refractivity contribution is 5.94. The average molecular weight is 566 g/mol. The number of guanidine groups is 1. The van der Waals surface area contributed by atoms with Crippen molar-refractivity contribution in [2.75, 3.05) is 6.54 Å². The number of nitrogens with two attached hydrogens (primary N) is 3. The van der Waals surface area contributed by atoms with E-state index in [2.05, 4.69) is 20.9 Å². The first kappa shape index (κ1) is 33.6. The van der Waals surface area contributed by atoms with Crippen LogP contribution in [-0.2, 0) is 30.4 Å². The molecule has 1 aromatic rings. The first-order valence-corrected chi connectivity index (χ1v) is 12.7. The monoisotopic (exact) mass is 565 g/mol. The SMILES string of the molecule is CCC(C)C(NC(=O)C(N)Cc1ccc(O)cc1)C(=O)NC(CCCN=C(N)N)C(=O)NC(CC(=O)O)C(=O)O. The summed E-state index contributed by atoms with van der Waals surface area (Å²) < 4.78 is 0. The van der Waals surface area contributed by atoms with Crippen LogP contribution in [0.3, 0.4) is 0 Å². The number of hydrogen-bond donors (Lipinski definition) is 9. The molecule has 15 nitrogen and oxygen atoms in total. The highest BCUT2D eigenvalue weighted by Crippen LogP contribution is 2.13. The molecule has 15 heteroatoms. The number of rotatable bonds is 17. The summed E-state index contributed by atoms with van der Waals surface area (Å²) in [7, 11) is 0. The predicted octanol–water partition coefficient (Wildman–Crippen LogP) is -1.62. The molecule has 0 saturated carbocycles. The normalized spacial score (nSPS) is 14.5. The van der Waals surface area contributed by atoms with E-state index < -0.39 is 60.2 Å². The van der Waals surface area contributed by atoms with Gasteiger partial charge in [0, 0.05) is 6.54 Å². The van der Waals surface area contributed by atoms with E-state index in [-0.39, 0.29) is 43.4 Å². The topological polar surface area (TPSA) is 273 Å². The molecule has 40 heavy (non-hydrogen) atoms. The molecule has 0 bridgehead atoms. The molecule has 0 aromatic heterocycles. The molecule has 0 spiro atoms. The van der Waals surface area contributed by atoms with Crippen LogP contribution >= 0.6 is 0 Å². The summed E-state index contributed by atoms with van der Waals surface area (Å²) in [5, 5.41) is 35.0. The van der Waals surface area contributed by atoms with Gasteiger partial charge in [-0.3, -0.25) is 24.2 Å². The van der Waals surface area contributed by atoms with Gasteiger partial charge in [0.05, 0.1) is 12.5 Å². The lowest BCUT2D eigenvalue weighted by Gasteiger charge is -2.28. The van der Waals surface area contributed by atoms with E-state index in [0.29, 0.717) is 12.0 Å². The van der Waals surface area contributed by atoms with Crippen LogP contribution in [0.1, 0.15) is 45.1 Å². The van der Waals surface area contributed by atoms with Crippen LogP contribution in [0, 0.1) is 5.92 Å². The lowest BCUT2D eigenvalue weighted by atomic mass is 9.96. The van der Waals surface area contributed by atoms with Crippen LogP contribution in [0.25, 0.3) is 0 Å². The summed E-state index contributed by atoms with van der Waals surface area (Å²) in [5.41, 5.74) is 17.4. The molecule has 1 aromatic carbocycles. The zero-order valence-electron chi connectivity index (χ0n) is 22.5. The van der Waals surface area contributed by atoms with Crippen molar-refractivity contribution in [3.8, 4) is 5.75 Å². The minimum absolute atomic E-state index is 0.0185. The Morgan fingerprint density at radius 1 is 0.925 bits per heavy atom. The number of benzene rings is 1. The quantitative estimate of drug-likeness (QED) is 0.0587. The number of aliphatic imine (C=N–C) groups is 1. The molecule has 0 radical (unpaired) electrons. The van der Waals surface area contributed by atoms with Crippen LogP contribution in [0.2, 0.25) is 0 Å². The van der Waals surface area contributed by atoms with Crippen molar-refractivity contribution in [1.29, 1.82) is 0 Å². The molecule has 12 N–H and O–H groups in total. The summed E-state index contributed by atoms with van der Waals surface area (Å²) in [6.07, 6.45) is -0.0656. The number of carbonyl (C=O) groups is 5. The van der Waals surface area contributed by atoms with Gasteiger partial charge in [-0.2, -0.15) is 0 Å². The summed E-state index contributed by atoms with van der Waals surface area (Å²) >= 11 is 0. The maximum absolute atomic E-state index is 13.3. The van der Waals surface area contributed by atoms with Gasteiger partial charge in [0.25, 0.3) is 0 Å². The summed E-state index contributed by atoms with van der Waals surface area (Å²) in [4.78, 5) is 65.4. The van der Waals surface area contributed by atoms with Gasteiger partial charge in [-0.15, -0.1) is 0 Å². The van der Waals surface area contributed by atoms with E-state index in [9.17, 15) is 34.2 Å². The molecule has 5 atom stereocenters. The standard InChI is InChI=1S/C25H39N7O8/c1-3-13(2)20(32-21(36)16(26)11-14-6-8-15(33)9-7-14)23(38)30-17(5-4-10-29-25(27)28)22(37)31-18(24(39)40)12-19(34)35/h6-9,13,16-18,20,33H,3-5,10-12,26H2,1-2H3,(H,30,38)(H,31,37)(H,32,36)(H,34,35)(H,39,40)(H4,27,28,29). The van der Waals surface area contributed by atoms with Crippen LogP contribution in [0.5, 0.6) is 5.75 Å². The van der Waals surface area contributed by atoms with Gasteiger partial charge in [0.2, 0.25) is 17.7 Å². The third-order valence-corrected chi connectivity index (χ3v) is 6.09. The van der Waals surface area contributed by atoms with E-state index >= 15 is 0 Å². The second-order valence-corrected chi connectivity index (χ2v) is 9.36. The number of phenols is 1. The van der Waals surface area contributed by atoms with Gasteiger partial charge < -0.3 is 48.5 Å². The van der Waals surface area contributed by atoms with Gasteiger partial charge in [0.15, 0.2) is 5.96 Å². The van der Waals surface area contributed by atoms with Crippen molar-refractivity contribution in [2.24, 2.45) is 28.1 Å². The molecule has 222 valence electrons. The zero-order valence-corrected chi connectivity index (χ0v) is 22.5. The molecule has 0 heterocycles. The Hall–Kier alpha value is -4.40. The van der Waals surface area contributed by atoms with Crippen molar-refractivity contribution in [1.82, 2.24) is 16.0 Å². The van der Waals surface area contributed by atoms with Crippen LogP contribution in [0.15, 0.2) is 29.3 Å². The maximum Gasteiger partial charge on any atom is 0.326 e. The summed E-state index contributed by atoms with van der Waals surface area (Å²) in [6.45, 7) is 3.63. The number of nitrogens with zero attached hydrogens (tertiary/aromatic N) is 1. The minimum Gasteiger partial charge on any atom is -0.508 e. The Bertz CT molecular complexity index is 1060. The molecule has 0 fully saturated rings. The Morgan fingerprint density at radius 3 is 2.05 bits per heavy atom. The number of carboxylic acids is 2. The minimum atomic E-state index is -1.73. The van der Waals surface area contributed by atoms with Crippen LogP contribution < -0.4 is 33.2 Å². The van der Waals surface area contributed by atoms with Crippen molar-refractivity contribution < 1.29 is 39.3 Å². The van der Waals surface area contributed by atoms with Crippen molar-refractivity contribution >= 4 is 35.6 Å². The first-order valence-electron chi connectivity index (χ1n) is 12.7. The smallest absolute Gasteiger partial charge is 0.326 e. The molecule has 0 saturated heterocycles. The fraction of sp³-hybridized carbons (Fsp3) is 0.520. The Kier molecular flexibility index (Phi) is 13.9. The van der Waals surface area contributed by atoms with E-state index in [1.165, 1.54) is 12.1 Å². The van der Waals surface area contributed by atoms with Gasteiger partial charge in [-0.25, -0.2) is 4.79 Å². The van der Waals surface area contributed by atoms with Crippen molar-refractivity contribution in [2.45, 2.75) is 70.1 Å². The number of phenolic OH excluding ortho intramolecular Hbond substituents is 1. The number of amides is 3. The third-order valence-electron chi connectivity index (χ3n) is 6.09. The second kappa shape index (κ2) is 16.5. The maximum atomic E-state index is 13.3.